The molecular weight excluding hydrogens is 386 g/mol. The highest BCUT2D eigenvalue weighted by atomic mass is 16.5. The van der Waals surface area contributed by atoms with Gasteiger partial charge in [0.2, 0.25) is 5.60 Å². The van der Waals surface area contributed by atoms with Crippen LogP contribution in [-0.2, 0) is 21.7 Å². The highest BCUT2D eigenvalue weighted by Crippen LogP contribution is 2.52. The second-order valence-corrected chi connectivity index (χ2v) is 8.71. The lowest BCUT2D eigenvalue weighted by atomic mass is 9.86. The van der Waals surface area contributed by atoms with E-state index in [4.69, 9.17) is 4.74 Å². The molecule has 0 aromatic heterocycles. The summed E-state index contributed by atoms with van der Waals surface area (Å²) >= 11 is 0. The summed E-state index contributed by atoms with van der Waals surface area (Å²) in [6, 6.07) is 28.6. The molecule has 4 nitrogen and oxygen atoms in total. The summed E-state index contributed by atoms with van der Waals surface area (Å²) in [4.78, 5) is 15.6. The minimum absolute atomic E-state index is 0.370. The van der Waals surface area contributed by atoms with Gasteiger partial charge < -0.3 is 9.84 Å². The quantitative estimate of drug-likeness (QED) is 0.598. The van der Waals surface area contributed by atoms with Gasteiger partial charge in [-0.25, -0.2) is 4.79 Å². The Morgan fingerprint density at radius 2 is 1.32 bits per heavy atom. The van der Waals surface area contributed by atoms with E-state index in [-0.39, 0.29) is 0 Å². The van der Waals surface area contributed by atoms with E-state index in [0.29, 0.717) is 35.5 Å². The molecule has 0 spiro atoms. The van der Waals surface area contributed by atoms with Crippen molar-refractivity contribution in [2.75, 3.05) is 19.7 Å². The summed E-state index contributed by atoms with van der Waals surface area (Å²) in [5.74, 6) is 0.957. The van der Waals surface area contributed by atoms with Crippen LogP contribution in [0, 0.1) is 17.8 Å². The molecule has 0 bridgehead atoms. The Morgan fingerprint density at radius 1 is 0.839 bits per heavy atom. The monoisotopic (exact) mass is 413 g/mol. The first kappa shape index (κ1) is 20.0. The molecule has 1 aliphatic heterocycles. The van der Waals surface area contributed by atoms with Crippen LogP contribution in [0.25, 0.3) is 0 Å². The van der Waals surface area contributed by atoms with Crippen molar-refractivity contribution in [3.05, 3.63) is 108 Å². The van der Waals surface area contributed by atoms with Crippen LogP contribution in [-0.4, -0.2) is 35.7 Å². The van der Waals surface area contributed by atoms with Crippen LogP contribution >= 0.6 is 0 Å². The second-order valence-electron chi connectivity index (χ2n) is 8.71. The zero-order valence-corrected chi connectivity index (χ0v) is 17.4. The van der Waals surface area contributed by atoms with Gasteiger partial charge in [0.05, 0.1) is 6.61 Å². The Hall–Kier alpha value is -2.95. The average molecular weight is 414 g/mol. The molecule has 5 rings (SSSR count). The van der Waals surface area contributed by atoms with Crippen LogP contribution in [0.3, 0.4) is 0 Å². The van der Waals surface area contributed by atoms with E-state index in [0.717, 1.165) is 19.6 Å². The molecule has 0 amide bonds. The minimum Gasteiger partial charge on any atom is -0.463 e. The predicted octanol–water partition coefficient (Wildman–Crippen LogP) is 3.84. The molecule has 1 saturated heterocycles. The molecule has 1 unspecified atom stereocenters. The molecule has 4 heteroatoms. The fourth-order valence-corrected chi connectivity index (χ4v) is 4.99. The molecular formula is C27H27NO3. The SMILES string of the molecule is O=C(OCC1[C@H]2CN(Cc3ccccc3)C[C@@H]12)C(O)(c1ccccc1)c1ccccc1. The number of hydrogen-bond donors (Lipinski definition) is 1. The van der Waals surface area contributed by atoms with Crippen molar-refractivity contribution in [3.8, 4) is 0 Å². The molecule has 0 radical (unpaired) electrons. The summed E-state index contributed by atoms with van der Waals surface area (Å²) in [5, 5.41) is 11.5. The van der Waals surface area contributed by atoms with Crippen molar-refractivity contribution in [1.82, 2.24) is 4.90 Å². The number of esters is 1. The van der Waals surface area contributed by atoms with Crippen LogP contribution in [0.4, 0.5) is 0 Å². The van der Waals surface area contributed by atoms with Crippen molar-refractivity contribution in [2.24, 2.45) is 17.8 Å². The van der Waals surface area contributed by atoms with Crippen molar-refractivity contribution in [1.29, 1.82) is 0 Å². The molecule has 158 valence electrons. The Balaban J connectivity index is 1.21. The summed E-state index contributed by atoms with van der Waals surface area (Å²) in [6.45, 7) is 3.43. The van der Waals surface area contributed by atoms with E-state index in [1.165, 1.54) is 5.56 Å². The van der Waals surface area contributed by atoms with Gasteiger partial charge in [-0.1, -0.05) is 91.0 Å². The molecule has 1 heterocycles. The number of likely N-dealkylation sites (tertiary alicyclic amines) is 1. The van der Waals surface area contributed by atoms with Crippen LogP contribution in [0.15, 0.2) is 91.0 Å². The van der Waals surface area contributed by atoms with Crippen LogP contribution in [0.5, 0.6) is 0 Å². The fraction of sp³-hybridized carbons (Fsp3) is 0.296. The lowest BCUT2D eigenvalue weighted by Crippen LogP contribution is -2.39. The number of aliphatic hydroxyl groups is 1. The number of nitrogens with zero attached hydrogens (tertiary/aromatic N) is 1. The molecule has 3 aromatic rings. The van der Waals surface area contributed by atoms with Crippen LogP contribution in [0.1, 0.15) is 16.7 Å². The Labute approximate surface area is 183 Å². The number of rotatable bonds is 7. The number of ether oxygens (including phenoxy) is 1. The molecule has 3 aromatic carbocycles. The van der Waals surface area contributed by atoms with E-state index in [1.807, 2.05) is 42.5 Å². The summed E-state index contributed by atoms with van der Waals surface area (Å²) in [7, 11) is 0. The number of hydrogen-bond acceptors (Lipinski definition) is 4. The first-order valence-corrected chi connectivity index (χ1v) is 10.9. The zero-order valence-electron chi connectivity index (χ0n) is 17.4. The zero-order chi connectivity index (χ0) is 21.3. The van der Waals surface area contributed by atoms with Crippen molar-refractivity contribution < 1.29 is 14.6 Å². The fourth-order valence-electron chi connectivity index (χ4n) is 4.99. The smallest absolute Gasteiger partial charge is 0.347 e. The van der Waals surface area contributed by atoms with Gasteiger partial charge >= 0.3 is 5.97 Å². The standard InChI is InChI=1S/C27H27NO3/c29-26(27(30,21-12-6-2-7-13-21)22-14-8-3-9-15-22)31-19-25-23-17-28(18-24(23)25)16-20-10-4-1-5-11-20/h1-15,23-25,30H,16-19H2/t23-,24+,25?. The van der Waals surface area contributed by atoms with Gasteiger partial charge in [0.15, 0.2) is 0 Å². The Kier molecular flexibility index (Phi) is 5.34. The molecule has 2 fully saturated rings. The Morgan fingerprint density at radius 3 is 1.84 bits per heavy atom. The summed E-state index contributed by atoms with van der Waals surface area (Å²) in [6.07, 6.45) is 0. The maximum atomic E-state index is 13.1. The minimum atomic E-state index is -1.80. The third-order valence-electron chi connectivity index (χ3n) is 6.78. The maximum absolute atomic E-state index is 13.1. The van der Waals surface area contributed by atoms with Crippen LogP contribution in [0.2, 0.25) is 0 Å². The predicted molar refractivity (Wildman–Crippen MR) is 119 cm³/mol. The molecule has 1 aliphatic carbocycles. The highest BCUT2D eigenvalue weighted by Gasteiger charge is 2.56. The third kappa shape index (κ3) is 3.89. The maximum Gasteiger partial charge on any atom is 0.347 e. The summed E-state index contributed by atoms with van der Waals surface area (Å²) < 4.78 is 5.72. The average Bonchev–Trinajstić information content (AvgIpc) is 3.29. The number of carbonyl (C=O) groups is 1. The van der Waals surface area contributed by atoms with E-state index in [9.17, 15) is 9.90 Å². The first-order valence-electron chi connectivity index (χ1n) is 10.9. The van der Waals surface area contributed by atoms with Gasteiger partial charge in [-0.3, -0.25) is 4.90 Å². The lowest BCUT2D eigenvalue weighted by molar-refractivity contribution is -0.163. The van der Waals surface area contributed by atoms with Crippen molar-refractivity contribution in [3.63, 3.8) is 0 Å². The van der Waals surface area contributed by atoms with E-state index in [2.05, 4.69) is 29.2 Å². The Bertz CT molecular complexity index is 971. The third-order valence-corrected chi connectivity index (χ3v) is 6.78. The van der Waals surface area contributed by atoms with Gasteiger partial charge in [-0.05, 0) is 28.5 Å². The van der Waals surface area contributed by atoms with Gasteiger partial charge in [0.1, 0.15) is 0 Å². The van der Waals surface area contributed by atoms with E-state index >= 15 is 0 Å². The van der Waals surface area contributed by atoms with Crippen molar-refractivity contribution in [2.45, 2.75) is 12.1 Å². The number of fused-ring (bicyclic) bond motifs is 1. The molecule has 1 saturated carbocycles. The topological polar surface area (TPSA) is 49.8 Å². The van der Waals surface area contributed by atoms with Crippen molar-refractivity contribution >= 4 is 5.97 Å². The first-order chi connectivity index (χ1) is 15.2. The second kappa shape index (κ2) is 8.29. The van der Waals surface area contributed by atoms with E-state index in [1.54, 1.807) is 24.3 Å². The number of piperidine rings is 1. The highest BCUT2D eigenvalue weighted by molar-refractivity contribution is 5.85. The molecule has 2 aliphatic rings. The van der Waals surface area contributed by atoms with Gasteiger partial charge in [0.25, 0.3) is 0 Å². The van der Waals surface area contributed by atoms with Crippen LogP contribution < -0.4 is 0 Å². The number of carbonyl (C=O) groups excluding carboxylic acids is 1. The normalized spacial score (nSPS) is 22.7. The van der Waals surface area contributed by atoms with Gasteiger partial charge in [-0.15, -0.1) is 0 Å². The largest absolute Gasteiger partial charge is 0.463 e. The van der Waals surface area contributed by atoms with E-state index < -0.39 is 11.6 Å². The van der Waals surface area contributed by atoms with Gasteiger partial charge in [-0.2, -0.15) is 0 Å². The molecule has 3 atom stereocenters. The van der Waals surface area contributed by atoms with Gasteiger partial charge in [0, 0.05) is 25.6 Å². The molecule has 31 heavy (non-hydrogen) atoms. The summed E-state index contributed by atoms with van der Waals surface area (Å²) in [5.41, 5.74) is 0.585. The lowest BCUT2D eigenvalue weighted by Gasteiger charge is -2.27. The molecule has 1 N–H and O–H groups in total. The number of benzene rings is 3.